The van der Waals surface area contributed by atoms with E-state index in [0.29, 0.717) is 26.2 Å². The van der Waals surface area contributed by atoms with E-state index >= 15 is 0 Å². The molecule has 3 rings (SSSR count). The van der Waals surface area contributed by atoms with Crippen LogP contribution in [0.3, 0.4) is 0 Å². The molecule has 25 heavy (non-hydrogen) atoms. The SMILES string of the molecule is Cc1nn(C)c(C)c1CC(=O)N1CCOC[C@H]1CCc1cnccn1. The number of rotatable bonds is 5. The Morgan fingerprint density at radius 2 is 2.20 bits per heavy atom. The van der Waals surface area contributed by atoms with Crippen molar-refractivity contribution in [3.8, 4) is 0 Å². The van der Waals surface area contributed by atoms with E-state index in [1.807, 2.05) is 30.5 Å². The van der Waals surface area contributed by atoms with Crippen molar-refractivity contribution in [3.63, 3.8) is 0 Å². The van der Waals surface area contributed by atoms with Crippen molar-refractivity contribution < 1.29 is 9.53 Å². The molecule has 3 heterocycles. The quantitative estimate of drug-likeness (QED) is 0.816. The highest BCUT2D eigenvalue weighted by molar-refractivity contribution is 5.79. The van der Waals surface area contributed by atoms with Crippen LogP contribution in [0.5, 0.6) is 0 Å². The van der Waals surface area contributed by atoms with Crippen molar-refractivity contribution in [2.24, 2.45) is 7.05 Å². The Hall–Kier alpha value is -2.28. The van der Waals surface area contributed by atoms with Crippen LogP contribution in [0, 0.1) is 13.8 Å². The van der Waals surface area contributed by atoms with Crippen LogP contribution in [0.1, 0.15) is 29.1 Å². The van der Waals surface area contributed by atoms with Gasteiger partial charge in [-0.05, 0) is 26.7 Å². The lowest BCUT2D eigenvalue weighted by atomic mass is 10.0. The molecule has 0 saturated carbocycles. The van der Waals surface area contributed by atoms with E-state index in [0.717, 1.165) is 35.5 Å². The lowest BCUT2D eigenvalue weighted by Gasteiger charge is -2.36. The van der Waals surface area contributed by atoms with E-state index in [4.69, 9.17) is 4.74 Å². The summed E-state index contributed by atoms with van der Waals surface area (Å²) in [5.41, 5.74) is 3.96. The zero-order chi connectivity index (χ0) is 17.8. The molecular formula is C18H25N5O2. The smallest absolute Gasteiger partial charge is 0.227 e. The molecule has 7 heteroatoms. The Morgan fingerprint density at radius 3 is 2.88 bits per heavy atom. The van der Waals surface area contributed by atoms with E-state index in [1.54, 1.807) is 18.6 Å². The van der Waals surface area contributed by atoms with Crippen molar-refractivity contribution in [2.75, 3.05) is 19.8 Å². The number of morpholine rings is 1. The molecule has 1 aliphatic heterocycles. The number of amides is 1. The maximum atomic E-state index is 12.9. The van der Waals surface area contributed by atoms with Gasteiger partial charge in [-0.25, -0.2) is 0 Å². The molecular weight excluding hydrogens is 318 g/mol. The number of carbonyl (C=O) groups excluding carboxylic acids is 1. The van der Waals surface area contributed by atoms with Gasteiger partial charge in [-0.2, -0.15) is 5.10 Å². The van der Waals surface area contributed by atoms with Crippen molar-refractivity contribution in [2.45, 2.75) is 39.2 Å². The summed E-state index contributed by atoms with van der Waals surface area (Å²) in [4.78, 5) is 23.3. The van der Waals surface area contributed by atoms with Gasteiger partial charge in [-0.15, -0.1) is 0 Å². The van der Waals surface area contributed by atoms with Gasteiger partial charge in [-0.3, -0.25) is 19.4 Å². The lowest BCUT2D eigenvalue weighted by Crippen LogP contribution is -2.49. The van der Waals surface area contributed by atoms with Crippen LogP contribution in [0.15, 0.2) is 18.6 Å². The second-order valence-corrected chi connectivity index (χ2v) is 6.50. The predicted molar refractivity (Wildman–Crippen MR) is 93.1 cm³/mol. The van der Waals surface area contributed by atoms with Gasteiger partial charge in [0.1, 0.15) is 0 Å². The molecule has 0 unspecified atom stereocenters. The first-order chi connectivity index (χ1) is 12.1. The molecule has 0 aliphatic carbocycles. The highest BCUT2D eigenvalue weighted by atomic mass is 16.5. The summed E-state index contributed by atoms with van der Waals surface area (Å²) in [7, 11) is 1.91. The molecule has 0 aromatic carbocycles. The molecule has 0 spiro atoms. The van der Waals surface area contributed by atoms with Crippen LogP contribution < -0.4 is 0 Å². The average molecular weight is 343 g/mol. The molecule has 1 saturated heterocycles. The summed E-state index contributed by atoms with van der Waals surface area (Å²) in [6.07, 6.45) is 7.16. The van der Waals surface area contributed by atoms with Gasteiger partial charge in [0.15, 0.2) is 0 Å². The summed E-state index contributed by atoms with van der Waals surface area (Å²) in [5, 5.41) is 4.41. The first-order valence-electron chi connectivity index (χ1n) is 8.67. The molecule has 1 fully saturated rings. The second-order valence-electron chi connectivity index (χ2n) is 6.50. The summed E-state index contributed by atoms with van der Waals surface area (Å²) in [6.45, 7) is 5.78. The third kappa shape index (κ3) is 4.04. The molecule has 7 nitrogen and oxygen atoms in total. The summed E-state index contributed by atoms with van der Waals surface area (Å²) < 4.78 is 7.44. The van der Waals surface area contributed by atoms with Gasteiger partial charge >= 0.3 is 0 Å². The van der Waals surface area contributed by atoms with Gasteiger partial charge in [0, 0.05) is 43.4 Å². The van der Waals surface area contributed by atoms with Crippen LogP contribution in [-0.4, -0.2) is 56.4 Å². The van der Waals surface area contributed by atoms with Gasteiger partial charge in [0.05, 0.1) is 37.1 Å². The minimum absolute atomic E-state index is 0.0838. The fraction of sp³-hybridized carbons (Fsp3) is 0.556. The van der Waals surface area contributed by atoms with Crippen LogP contribution >= 0.6 is 0 Å². The largest absolute Gasteiger partial charge is 0.377 e. The maximum Gasteiger partial charge on any atom is 0.227 e. The van der Waals surface area contributed by atoms with Gasteiger partial charge in [0.25, 0.3) is 0 Å². The zero-order valence-electron chi connectivity index (χ0n) is 15.1. The van der Waals surface area contributed by atoms with Crippen LogP contribution in [0.25, 0.3) is 0 Å². The first-order valence-corrected chi connectivity index (χ1v) is 8.67. The molecule has 1 amide bonds. The summed E-state index contributed by atoms with van der Waals surface area (Å²) in [5.74, 6) is 0.145. The standard InChI is InChI=1S/C18H25N5O2/c1-13-17(14(2)22(3)21-13)10-18(24)23-8-9-25-12-16(23)5-4-15-11-19-6-7-20-15/h6-7,11,16H,4-5,8-10,12H2,1-3H3/t16-/m1/s1. The van der Waals surface area contributed by atoms with Gasteiger partial charge < -0.3 is 9.64 Å². The van der Waals surface area contributed by atoms with Crippen LogP contribution in [0.4, 0.5) is 0 Å². The number of hydrogen-bond donors (Lipinski definition) is 0. The minimum Gasteiger partial charge on any atom is -0.377 e. The van der Waals surface area contributed by atoms with E-state index in [1.165, 1.54) is 0 Å². The third-order valence-corrected chi connectivity index (χ3v) is 4.89. The van der Waals surface area contributed by atoms with Crippen molar-refractivity contribution in [1.82, 2.24) is 24.6 Å². The topological polar surface area (TPSA) is 73.1 Å². The van der Waals surface area contributed by atoms with Gasteiger partial charge in [0.2, 0.25) is 5.91 Å². The average Bonchev–Trinajstić information content (AvgIpc) is 2.87. The Kier molecular flexibility index (Phi) is 5.43. The fourth-order valence-corrected chi connectivity index (χ4v) is 3.32. The lowest BCUT2D eigenvalue weighted by molar-refractivity contribution is -0.139. The molecule has 0 bridgehead atoms. The number of carbonyl (C=O) groups is 1. The molecule has 2 aromatic heterocycles. The van der Waals surface area contributed by atoms with Crippen molar-refractivity contribution in [1.29, 1.82) is 0 Å². The van der Waals surface area contributed by atoms with Crippen molar-refractivity contribution in [3.05, 3.63) is 41.2 Å². The van der Waals surface area contributed by atoms with E-state index in [2.05, 4.69) is 15.1 Å². The minimum atomic E-state index is 0.0838. The molecule has 0 N–H and O–H groups in total. The van der Waals surface area contributed by atoms with Gasteiger partial charge in [-0.1, -0.05) is 0 Å². The summed E-state index contributed by atoms with van der Waals surface area (Å²) >= 11 is 0. The Bertz CT molecular complexity index is 729. The number of aryl methyl sites for hydroxylation is 3. The predicted octanol–water partition coefficient (Wildman–Crippen LogP) is 1.23. The van der Waals surface area contributed by atoms with E-state index in [9.17, 15) is 4.79 Å². The summed E-state index contributed by atoms with van der Waals surface area (Å²) in [6, 6.07) is 0.0838. The van der Waals surface area contributed by atoms with Crippen LogP contribution in [-0.2, 0) is 29.4 Å². The molecule has 134 valence electrons. The fourth-order valence-electron chi connectivity index (χ4n) is 3.32. The molecule has 1 atom stereocenters. The number of aromatic nitrogens is 4. The molecule has 2 aromatic rings. The van der Waals surface area contributed by atoms with E-state index in [-0.39, 0.29) is 11.9 Å². The number of hydrogen-bond acceptors (Lipinski definition) is 5. The monoisotopic (exact) mass is 343 g/mol. The van der Waals surface area contributed by atoms with E-state index < -0.39 is 0 Å². The van der Waals surface area contributed by atoms with Crippen molar-refractivity contribution >= 4 is 5.91 Å². The number of nitrogens with zero attached hydrogens (tertiary/aromatic N) is 5. The Morgan fingerprint density at radius 1 is 1.36 bits per heavy atom. The Labute approximate surface area is 148 Å². The Balaban J connectivity index is 1.66. The first kappa shape index (κ1) is 17.5. The second kappa shape index (κ2) is 7.74. The van der Waals surface area contributed by atoms with Crippen LogP contribution in [0.2, 0.25) is 0 Å². The maximum absolute atomic E-state index is 12.9. The zero-order valence-corrected chi connectivity index (χ0v) is 15.1. The highest BCUT2D eigenvalue weighted by Gasteiger charge is 2.28. The molecule has 1 aliphatic rings. The molecule has 0 radical (unpaired) electrons. The third-order valence-electron chi connectivity index (χ3n) is 4.89. The normalized spacial score (nSPS) is 17.7. The highest BCUT2D eigenvalue weighted by Crippen LogP contribution is 2.18. The number of ether oxygens (including phenoxy) is 1.